The van der Waals surface area contributed by atoms with Gasteiger partial charge in [0.15, 0.2) is 0 Å². The van der Waals surface area contributed by atoms with E-state index in [0.29, 0.717) is 30.1 Å². The number of methoxy groups -OCH3 is 1. The largest absolute Gasteiger partial charge is 0.489 e. The molecule has 1 atom stereocenters. The third-order valence-corrected chi connectivity index (χ3v) is 4.16. The van der Waals surface area contributed by atoms with E-state index in [-0.39, 0.29) is 11.8 Å². The number of hydrogen-bond donors (Lipinski definition) is 1. The van der Waals surface area contributed by atoms with E-state index in [4.69, 9.17) is 14.0 Å². The zero-order chi connectivity index (χ0) is 20.0. The van der Waals surface area contributed by atoms with E-state index in [9.17, 15) is 9.59 Å². The van der Waals surface area contributed by atoms with Crippen molar-refractivity contribution in [3.63, 3.8) is 0 Å². The molecule has 1 amide bonds. The van der Waals surface area contributed by atoms with Gasteiger partial charge in [0.05, 0.1) is 18.4 Å². The van der Waals surface area contributed by atoms with E-state index in [2.05, 4.69) is 10.5 Å². The predicted molar refractivity (Wildman–Crippen MR) is 99.5 cm³/mol. The lowest BCUT2D eigenvalue weighted by atomic mass is 10.0. The van der Waals surface area contributed by atoms with Gasteiger partial charge in [-0.1, -0.05) is 25.1 Å². The monoisotopic (exact) mass is 374 g/mol. The van der Waals surface area contributed by atoms with Crippen LogP contribution in [-0.2, 0) is 16.1 Å². The Labute approximate surface area is 159 Å². The number of aryl methyl sites for hydroxylation is 2. The fraction of sp³-hybridized carbons (Fsp3) is 0.450. The number of nitrogens with zero attached hydrogens (tertiary/aromatic N) is 1. The minimum Gasteiger partial charge on any atom is -0.489 e. The van der Waals surface area contributed by atoms with Crippen LogP contribution in [0, 0.1) is 19.8 Å². The third-order valence-electron chi connectivity index (χ3n) is 4.16. The number of benzene rings is 1. The topological polar surface area (TPSA) is 90.7 Å². The van der Waals surface area contributed by atoms with E-state index in [1.807, 2.05) is 27.7 Å². The molecule has 1 heterocycles. The summed E-state index contributed by atoms with van der Waals surface area (Å²) in [4.78, 5) is 24.5. The molecule has 2 aromatic rings. The standard InChI is InChI=1S/C20H26N2O5/c1-12(2)9-18(20(24)25-5)21-19(23)15-7-6-8-16(10-15)26-11-17-13(3)22-27-14(17)4/h6-8,10,12,18H,9,11H2,1-5H3,(H,21,23). The lowest BCUT2D eigenvalue weighted by Crippen LogP contribution is -2.42. The van der Waals surface area contributed by atoms with Gasteiger partial charge in [-0.25, -0.2) is 4.79 Å². The van der Waals surface area contributed by atoms with E-state index in [0.717, 1.165) is 11.3 Å². The van der Waals surface area contributed by atoms with Gasteiger partial charge in [0.2, 0.25) is 0 Å². The Morgan fingerprint density at radius 2 is 2.00 bits per heavy atom. The molecule has 0 fully saturated rings. The highest BCUT2D eigenvalue weighted by Gasteiger charge is 2.23. The summed E-state index contributed by atoms with van der Waals surface area (Å²) in [6, 6.07) is 6.11. The second-order valence-electron chi connectivity index (χ2n) is 6.80. The van der Waals surface area contributed by atoms with Gasteiger partial charge in [-0.15, -0.1) is 0 Å². The van der Waals surface area contributed by atoms with Crippen LogP contribution in [0.3, 0.4) is 0 Å². The van der Waals surface area contributed by atoms with Gasteiger partial charge in [-0.2, -0.15) is 0 Å². The fourth-order valence-electron chi connectivity index (χ4n) is 2.66. The summed E-state index contributed by atoms with van der Waals surface area (Å²) in [5.41, 5.74) is 2.06. The molecule has 0 radical (unpaired) electrons. The molecule has 0 saturated heterocycles. The van der Waals surface area contributed by atoms with Crippen molar-refractivity contribution in [3.8, 4) is 5.75 Å². The zero-order valence-electron chi connectivity index (χ0n) is 16.4. The quantitative estimate of drug-likeness (QED) is 0.714. The van der Waals surface area contributed by atoms with Crippen LogP contribution in [0.2, 0.25) is 0 Å². The second kappa shape index (κ2) is 9.21. The maximum absolute atomic E-state index is 12.6. The molecular formula is C20H26N2O5. The highest BCUT2D eigenvalue weighted by Crippen LogP contribution is 2.19. The van der Waals surface area contributed by atoms with Crippen LogP contribution >= 0.6 is 0 Å². The molecule has 0 saturated carbocycles. The van der Waals surface area contributed by atoms with Crippen molar-refractivity contribution < 1.29 is 23.6 Å². The Kier molecular flexibility index (Phi) is 6.98. The van der Waals surface area contributed by atoms with Crippen molar-refractivity contribution in [2.75, 3.05) is 7.11 Å². The molecule has 1 N–H and O–H groups in total. The van der Waals surface area contributed by atoms with E-state index in [1.54, 1.807) is 24.3 Å². The first-order valence-electron chi connectivity index (χ1n) is 8.85. The number of esters is 1. The Balaban J connectivity index is 2.06. The predicted octanol–water partition coefficient (Wildman–Crippen LogP) is 3.19. The summed E-state index contributed by atoms with van der Waals surface area (Å²) in [6.07, 6.45) is 0.501. The van der Waals surface area contributed by atoms with E-state index < -0.39 is 12.0 Å². The van der Waals surface area contributed by atoms with Crippen LogP contribution in [0.1, 0.15) is 47.6 Å². The Hall–Kier alpha value is -2.83. The maximum Gasteiger partial charge on any atom is 0.328 e. The van der Waals surface area contributed by atoms with Crippen LogP contribution in [-0.4, -0.2) is 30.2 Å². The first-order chi connectivity index (χ1) is 12.8. The maximum atomic E-state index is 12.6. The number of amides is 1. The average Bonchev–Trinajstić information content (AvgIpc) is 2.96. The number of rotatable bonds is 8. The summed E-state index contributed by atoms with van der Waals surface area (Å²) in [7, 11) is 1.31. The molecule has 7 nitrogen and oxygen atoms in total. The van der Waals surface area contributed by atoms with Gasteiger partial charge in [0.25, 0.3) is 5.91 Å². The Morgan fingerprint density at radius 1 is 1.26 bits per heavy atom. The van der Waals surface area contributed by atoms with Crippen molar-refractivity contribution >= 4 is 11.9 Å². The molecule has 0 bridgehead atoms. The SMILES string of the molecule is COC(=O)C(CC(C)C)NC(=O)c1cccc(OCc2c(C)noc2C)c1. The molecule has 0 aliphatic heterocycles. The number of carbonyl (C=O) groups excluding carboxylic acids is 2. The minimum atomic E-state index is -0.686. The summed E-state index contributed by atoms with van der Waals surface area (Å²) >= 11 is 0. The lowest BCUT2D eigenvalue weighted by Gasteiger charge is -2.18. The molecule has 1 unspecified atom stereocenters. The Morgan fingerprint density at radius 3 is 2.59 bits per heavy atom. The Bertz CT molecular complexity index is 778. The van der Waals surface area contributed by atoms with Gasteiger partial charge in [0, 0.05) is 5.56 Å². The van der Waals surface area contributed by atoms with E-state index >= 15 is 0 Å². The number of carbonyl (C=O) groups is 2. The highest BCUT2D eigenvalue weighted by molar-refractivity contribution is 5.97. The number of hydrogen-bond acceptors (Lipinski definition) is 6. The van der Waals surface area contributed by atoms with Crippen molar-refractivity contribution in [2.45, 2.75) is 46.8 Å². The number of aromatic nitrogens is 1. The fourth-order valence-corrected chi connectivity index (χ4v) is 2.66. The lowest BCUT2D eigenvalue weighted by molar-refractivity contribution is -0.143. The van der Waals surface area contributed by atoms with Gasteiger partial charge in [-0.05, 0) is 44.4 Å². The van der Waals surface area contributed by atoms with Crippen LogP contribution in [0.15, 0.2) is 28.8 Å². The molecule has 27 heavy (non-hydrogen) atoms. The van der Waals surface area contributed by atoms with Crippen molar-refractivity contribution in [2.24, 2.45) is 5.92 Å². The molecule has 2 rings (SSSR count). The van der Waals surface area contributed by atoms with Gasteiger partial charge in [-0.3, -0.25) is 4.79 Å². The smallest absolute Gasteiger partial charge is 0.328 e. The molecular weight excluding hydrogens is 348 g/mol. The first-order valence-corrected chi connectivity index (χ1v) is 8.85. The van der Waals surface area contributed by atoms with E-state index in [1.165, 1.54) is 7.11 Å². The van der Waals surface area contributed by atoms with Gasteiger partial charge < -0.3 is 19.3 Å². The first kappa shape index (κ1) is 20.5. The van der Waals surface area contributed by atoms with Crippen molar-refractivity contribution in [1.29, 1.82) is 0 Å². The molecule has 146 valence electrons. The molecule has 1 aromatic heterocycles. The molecule has 0 aliphatic carbocycles. The molecule has 7 heteroatoms. The summed E-state index contributed by atoms with van der Waals surface area (Å²) in [6.45, 7) is 7.92. The molecule has 0 aliphatic rings. The van der Waals surface area contributed by atoms with Crippen molar-refractivity contribution in [3.05, 3.63) is 46.8 Å². The van der Waals surface area contributed by atoms with Crippen LogP contribution < -0.4 is 10.1 Å². The van der Waals surface area contributed by atoms with Crippen LogP contribution in [0.4, 0.5) is 0 Å². The van der Waals surface area contributed by atoms with Crippen LogP contribution in [0.25, 0.3) is 0 Å². The summed E-state index contributed by atoms with van der Waals surface area (Å²) < 4.78 is 15.7. The minimum absolute atomic E-state index is 0.235. The average molecular weight is 374 g/mol. The van der Waals surface area contributed by atoms with Gasteiger partial charge >= 0.3 is 5.97 Å². The molecule has 0 spiro atoms. The molecule has 1 aromatic carbocycles. The summed E-state index contributed by atoms with van der Waals surface area (Å²) in [5, 5.41) is 6.63. The van der Waals surface area contributed by atoms with Gasteiger partial charge in [0.1, 0.15) is 24.2 Å². The van der Waals surface area contributed by atoms with Crippen molar-refractivity contribution in [1.82, 2.24) is 10.5 Å². The van der Waals surface area contributed by atoms with Crippen LogP contribution in [0.5, 0.6) is 5.75 Å². The zero-order valence-corrected chi connectivity index (χ0v) is 16.4. The third kappa shape index (κ3) is 5.57. The normalized spacial score (nSPS) is 11.9. The highest BCUT2D eigenvalue weighted by atomic mass is 16.5. The number of ether oxygens (including phenoxy) is 2. The summed E-state index contributed by atoms with van der Waals surface area (Å²) in [5.74, 6) is 0.674. The number of nitrogens with one attached hydrogen (secondary N) is 1. The second-order valence-corrected chi connectivity index (χ2v) is 6.80.